The van der Waals surface area contributed by atoms with Crippen LogP contribution in [0.2, 0.25) is 0 Å². The van der Waals surface area contributed by atoms with Gasteiger partial charge in [-0.3, -0.25) is 0 Å². The van der Waals surface area contributed by atoms with Crippen molar-refractivity contribution < 1.29 is 81.5 Å². The summed E-state index contributed by atoms with van der Waals surface area (Å²) < 4.78 is 12.4. The van der Waals surface area contributed by atoms with Gasteiger partial charge in [0.15, 0.2) is 17.1 Å². The fraction of sp³-hybridized carbons (Fsp3) is 0.458. The second-order valence-corrected chi connectivity index (χ2v) is 25.5. The minimum Gasteiger partial charge on any atom is -1.00 e. The van der Waals surface area contributed by atoms with Crippen LogP contribution < -0.4 is 74.3 Å². The average molecular weight is 1520 g/mol. The Kier molecular flexibility index (Phi) is 30.3. The van der Waals surface area contributed by atoms with E-state index in [2.05, 4.69) is 223 Å². The van der Waals surface area contributed by atoms with E-state index in [4.69, 9.17) is 44.5 Å². The largest absolute Gasteiger partial charge is 1.00 e. The first-order valence-corrected chi connectivity index (χ1v) is 31.1. The van der Waals surface area contributed by atoms with Crippen molar-refractivity contribution in [3.05, 3.63) is 188 Å². The van der Waals surface area contributed by atoms with Crippen LogP contribution in [-0.2, 0) is 26.4 Å². The molecule has 0 atom stereocenters. The molecule has 0 bridgehead atoms. The summed E-state index contributed by atoms with van der Waals surface area (Å²) in [6.45, 7) is 33.1. The van der Waals surface area contributed by atoms with Gasteiger partial charge in [0, 0.05) is 114 Å². The molecule has 4 heterocycles. The number of hydrogen-bond acceptors (Lipinski definition) is 5. The highest BCUT2D eigenvalue weighted by Gasteiger charge is 2.45. The zero-order valence-electron chi connectivity index (χ0n) is 53.5. The first kappa shape index (κ1) is 76.6. The van der Waals surface area contributed by atoms with E-state index in [1.54, 1.807) is 7.11 Å². The molecule has 8 nitrogen and oxygen atoms in total. The van der Waals surface area contributed by atoms with Crippen LogP contribution in [0.15, 0.2) is 166 Å². The molecular formula is C72H98Br3Cl2IN6O2. The maximum atomic E-state index is 8.74. The summed E-state index contributed by atoms with van der Waals surface area (Å²) in [7, 11) is 1.60. The Labute approximate surface area is 576 Å². The van der Waals surface area contributed by atoms with Crippen molar-refractivity contribution in [3.63, 3.8) is 0 Å². The third-order valence-electron chi connectivity index (χ3n) is 18.1. The zero-order chi connectivity index (χ0) is 59.6. The second-order valence-electron chi connectivity index (χ2n) is 24.7. The SMILES string of the molecule is Br.CC1=[N+](CCCN)c2ccccc2C1(C)C.CCC[N+]1=C(C)C(C)(C)c2ccccc21.CCC[N+]1=C(C=CC2=C(Cl)C(=CC=C3N(CCCN)c4ccccc4C3(C)C)CCC2)C(C)(C)c2ccccc21.COC1=C(Cl)/C(=C/O)CCC1.[Br-].[Br-].[I-]. The van der Waals surface area contributed by atoms with E-state index in [-0.39, 0.29) is 96.6 Å². The van der Waals surface area contributed by atoms with Gasteiger partial charge in [-0.1, -0.05) is 136 Å². The first-order valence-electron chi connectivity index (χ1n) is 30.4. The molecule has 0 fully saturated rings. The van der Waals surface area contributed by atoms with E-state index in [0.717, 1.165) is 113 Å². The number of nitrogens with zero attached hydrogens (tertiary/aromatic N) is 4. The third kappa shape index (κ3) is 16.3. The number of ether oxygens (including phenoxy) is 1. The predicted molar refractivity (Wildman–Crippen MR) is 361 cm³/mol. The van der Waals surface area contributed by atoms with Crippen LogP contribution in [0.3, 0.4) is 0 Å². The fourth-order valence-electron chi connectivity index (χ4n) is 12.9. The molecule has 0 amide bonds. The van der Waals surface area contributed by atoms with Crippen molar-refractivity contribution in [2.24, 2.45) is 11.5 Å². The topological polar surface area (TPSA) is 93.8 Å². The monoisotopic (exact) mass is 1510 g/mol. The lowest BCUT2D eigenvalue weighted by Gasteiger charge is -2.27. The van der Waals surface area contributed by atoms with Gasteiger partial charge in [-0.2, -0.15) is 13.7 Å². The normalized spacial score (nSPS) is 19.5. The smallest absolute Gasteiger partial charge is 0.209 e. The van der Waals surface area contributed by atoms with E-state index in [1.165, 1.54) is 85.4 Å². The highest BCUT2D eigenvalue weighted by atomic mass is 127. The molecule has 0 aromatic heterocycles. The Morgan fingerprint density at radius 2 is 1.03 bits per heavy atom. The molecule has 5 N–H and O–H groups in total. The summed E-state index contributed by atoms with van der Waals surface area (Å²) in [5.74, 6) is 0.776. The highest BCUT2D eigenvalue weighted by molar-refractivity contribution is 8.93. The predicted octanol–water partition coefficient (Wildman–Crippen LogP) is 8.89. The van der Waals surface area contributed by atoms with Gasteiger partial charge in [0.25, 0.3) is 0 Å². The summed E-state index contributed by atoms with van der Waals surface area (Å²) >= 11 is 13.0. The molecule has 4 aromatic carbocycles. The van der Waals surface area contributed by atoms with Crippen LogP contribution in [0, 0.1) is 0 Å². The molecule has 10 rings (SSSR count). The van der Waals surface area contributed by atoms with Crippen molar-refractivity contribution in [1.82, 2.24) is 0 Å². The summed E-state index contributed by atoms with van der Waals surface area (Å²) in [4.78, 5) is 2.46. The highest BCUT2D eigenvalue weighted by Crippen LogP contribution is 2.48. The number of nitrogens with two attached hydrogens (primary N) is 2. The summed E-state index contributed by atoms with van der Waals surface area (Å²) in [6.07, 6.45) is 20.4. The number of para-hydroxylation sites is 4. The fourth-order valence-corrected chi connectivity index (χ4v) is 13.5. The number of benzene rings is 4. The van der Waals surface area contributed by atoms with Gasteiger partial charge >= 0.3 is 0 Å². The number of aliphatic hydroxyl groups excluding tert-OH is 1. The number of hydrogen-bond donors (Lipinski definition) is 3. The number of allylic oxidation sites excluding steroid dienone is 11. The zero-order valence-corrected chi connectivity index (χ0v) is 62.1. The Bertz CT molecular complexity index is 3270. The van der Waals surface area contributed by atoms with Crippen LogP contribution in [0.1, 0.15) is 170 Å². The Morgan fingerprint density at radius 3 is 1.56 bits per heavy atom. The lowest BCUT2D eigenvalue weighted by molar-refractivity contribution is -0.439. The number of fused-ring (bicyclic) bond motifs is 4. The Morgan fingerprint density at radius 1 is 0.570 bits per heavy atom. The molecule has 0 radical (unpaired) electrons. The molecule has 0 saturated heterocycles. The molecule has 0 saturated carbocycles. The van der Waals surface area contributed by atoms with E-state index >= 15 is 0 Å². The molecule has 6 aliphatic rings. The number of aliphatic hydroxyl groups is 1. The lowest BCUT2D eigenvalue weighted by atomic mass is 9.81. The number of halogens is 6. The molecule has 86 heavy (non-hydrogen) atoms. The Hall–Kier alpha value is -3.60. The number of methoxy groups -OCH3 is 1. The van der Waals surface area contributed by atoms with Crippen molar-refractivity contribution in [1.29, 1.82) is 0 Å². The molecule has 0 unspecified atom stereocenters. The van der Waals surface area contributed by atoms with Gasteiger partial charge in [0.2, 0.25) is 17.1 Å². The molecule has 470 valence electrons. The van der Waals surface area contributed by atoms with Crippen LogP contribution in [0.4, 0.5) is 22.7 Å². The van der Waals surface area contributed by atoms with E-state index < -0.39 is 0 Å². The quantitative estimate of drug-likeness (QED) is 0.0667. The van der Waals surface area contributed by atoms with E-state index in [0.29, 0.717) is 11.6 Å². The number of anilines is 1. The van der Waals surface area contributed by atoms with Gasteiger partial charge in [0.05, 0.1) is 34.6 Å². The number of rotatable bonds is 14. The molecule has 4 aromatic rings. The van der Waals surface area contributed by atoms with Crippen LogP contribution in [0.5, 0.6) is 0 Å². The van der Waals surface area contributed by atoms with Gasteiger partial charge in [-0.25, -0.2) is 0 Å². The molecule has 0 spiro atoms. The van der Waals surface area contributed by atoms with E-state index in [9.17, 15) is 0 Å². The van der Waals surface area contributed by atoms with E-state index in [1.807, 2.05) is 0 Å². The standard InChI is InChI=1S/C36H45ClN3.C14H21N2.C14H20N.C8H11ClO2.3BrH.HI/c1-6-24-39-30-17-9-7-15-28(30)35(2,3)32(39)21-19-26-13-11-14-27(34(26)37)20-22-33-36(4,5)29-16-8-10-18-31(29)40(33)25-12-23-38;1-11-14(2,3)12-7-4-5-8-13(12)16(11)10-6-9-15;1-5-10-15-11(2)14(3,4)12-8-6-7-9-13(12)15;1-11-7-4-2-3-6(5-10)8(7)9;;;;/h7-10,15-22H,6,11-14,23-25,38H2,1-5H3;4-5,7-8H,6,9-10,15H2,1-3H3;6-9H,5,10H2,1-4H3;5,10H,2-4H2,1H3;4*1H/q3*+1;;;;;/p-3/b;;;6-5+;;;;. The van der Waals surface area contributed by atoms with Gasteiger partial charge < -0.3 is 84.2 Å². The molecule has 14 heteroatoms. The van der Waals surface area contributed by atoms with Crippen LogP contribution in [0.25, 0.3) is 0 Å². The molecule has 4 aliphatic heterocycles. The maximum Gasteiger partial charge on any atom is 0.209 e. The summed E-state index contributed by atoms with van der Waals surface area (Å²) in [6, 6.07) is 35.1. The third-order valence-corrected chi connectivity index (χ3v) is 19.1. The lowest BCUT2D eigenvalue weighted by Crippen LogP contribution is -3.00. The maximum absolute atomic E-state index is 8.74. The average Bonchev–Trinajstić information content (AvgIpc) is 1.84. The summed E-state index contributed by atoms with van der Waals surface area (Å²) in [5, 5.41) is 10.2. The minimum absolute atomic E-state index is 0. The second kappa shape index (κ2) is 34.0. The van der Waals surface area contributed by atoms with Gasteiger partial charge in [-0.05, 0) is 122 Å². The minimum atomic E-state index is -0.0712. The Balaban J connectivity index is 0.000000346. The van der Waals surface area contributed by atoms with Crippen LogP contribution in [-0.4, -0.2) is 82.3 Å². The molecule has 2 aliphatic carbocycles. The summed E-state index contributed by atoms with van der Waals surface area (Å²) in [5.41, 5.74) is 31.7. The van der Waals surface area contributed by atoms with Crippen LogP contribution >= 0.6 is 40.2 Å². The van der Waals surface area contributed by atoms with Crippen molar-refractivity contribution in [3.8, 4) is 0 Å². The van der Waals surface area contributed by atoms with Crippen molar-refractivity contribution >= 4 is 80.1 Å². The van der Waals surface area contributed by atoms with Gasteiger partial charge in [-0.15, -0.1) is 17.0 Å². The molecular weight excluding hydrogens is 1420 g/mol. The van der Waals surface area contributed by atoms with Gasteiger partial charge in [0.1, 0.15) is 25.4 Å². The van der Waals surface area contributed by atoms with Crippen molar-refractivity contribution in [2.75, 3.05) is 51.3 Å². The van der Waals surface area contributed by atoms with Crippen molar-refractivity contribution in [2.45, 2.75) is 169 Å². The first-order chi connectivity index (χ1) is 39.2.